The highest BCUT2D eigenvalue weighted by atomic mass is 32.2. The van der Waals surface area contributed by atoms with Crippen molar-refractivity contribution in [1.82, 2.24) is 10.2 Å². The van der Waals surface area contributed by atoms with Crippen molar-refractivity contribution in [3.05, 3.63) is 126 Å². The van der Waals surface area contributed by atoms with Crippen molar-refractivity contribution in [1.29, 1.82) is 0 Å². The zero-order valence-electron chi connectivity index (χ0n) is 25.6. The maximum absolute atomic E-state index is 14.5. The van der Waals surface area contributed by atoms with Gasteiger partial charge in [-0.1, -0.05) is 79.7 Å². The Kier molecular flexibility index (Phi) is 11.3. The number of anilines is 1. The normalized spacial score (nSPS) is 12.5. The van der Waals surface area contributed by atoms with Gasteiger partial charge in [0.1, 0.15) is 24.2 Å². The van der Waals surface area contributed by atoms with Gasteiger partial charge in [-0.2, -0.15) is 0 Å². The first-order valence-electron chi connectivity index (χ1n) is 14.7. The number of ether oxygens (including phenoxy) is 1. The van der Waals surface area contributed by atoms with Crippen LogP contribution in [-0.2, 0) is 32.6 Å². The van der Waals surface area contributed by atoms with E-state index >= 15 is 0 Å². The van der Waals surface area contributed by atoms with Gasteiger partial charge in [0.15, 0.2) is 0 Å². The number of para-hydroxylation sites is 2. The molecule has 0 aromatic heterocycles. The first-order valence-corrected chi connectivity index (χ1v) is 16.2. The molecule has 1 N–H and O–H groups in total. The van der Waals surface area contributed by atoms with E-state index in [1.54, 1.807) is 54.6 Å². The van der Waals surface area contributed by atoms with Crippen molar-refractivity contribution >= 4 is 27.5 Å². The van der Waals surface area contributed by atoms with Gasteiger partial charge in [-0.3, -0.25) is 13.9 Å². The van der Waals surface area contributed by atoms with E-state index in [1.807, 2.05) is 44.2 Å². The molecule has 0 aliphatic heterocycles. The Morgan fingerprint density at radius 1 is 0.844 bits per heavy atom. The number of methoxy groups -OCH3 is 1. The van der Waals surface area contributed by atoms with Crippen LogP contribution in [0.15, 0.2) is 114 Å². The second-order valence-corrected chi connectivity index (χ2v) is 12.5. The lowest BCUT2D eigenvalue weighted by molar-refractivity contribution is -0.140. The number of amides is 2. The first-order chi connectivity index (χ1) is 21.6. The van der Waals surface area contributed by atoms with Crippen LogP contribution >= 0.6 is 0 Å². The molecule has 4 aromatic carbocycles. The minimum absolute atomic E-state index is 0.0101. The minimum atomic E-state index is -4.27. The van der Waals surface area contributed by atoms with Crippen molar-refractivity contribution in [2.24, 2.45) is 0 Å². The molecule has 0 aliphatic rings. The van der Waals surface area contributed by atoms with Crippen molar-refractivity contribution in [2.75, 3.05) is 18.0 Å². The SMILES string of the molecule is CC[C@H](C)NC(=O)[C@@H](Cc1ccccc1)N(Cc1ccc(F)cc1)C(=O)CN(c1ccccc1OC)S(=O)(=O)c1ccccc1. The number of rotatable bonds is 14. The lowest BCUT2D eigenvalue weighted by atomic mass is 10.0. The Hall–Kier alpha value is -4.70. The van der Waals surface area contributed by atoms with Crippen molar-refractivity contribution in [3.8, 4) is 5.75 Å². The molecule has 10 heteroatoms. The summed E-state index contributed by atoms with van der Waals surface area (Å²) in [4.78, 5) is 29.7. The molecule has 0 heterocycles. The number of sulfonamides is 1. The van der Waals surface area contributed by atoms with Gasteiger partial charge in [-0.05, 0) is 60.9 Å². The molecule has 8 nitrogen and oxygen atoms in total. The lowest BCUT2D eigenvalue weighted by Crippen LogP contribution is -2.54. The summed E-state index contributed by atoms with van der Waals surface area (Å²) in [5, 5.41) is 2.99. The zero-order chi connectivity index (χ0) is 32.4. The number of halogens is 1. The van der Waals surface area contributed by atoms with Crippen LogP contribution in [0.3, 0.4) is 0 Å². The Morgan fingerprint density at radius 3 is 2.07 bits per heavy atom. The Labute approximate surface area is 264 Å². The average molecular weight is 632 g/mol. The molecule has 0 fully saturated rings. The van der Waals surface area contributed by atoms with Gasteiger partial charge in [0.2, 0.25) is 11.8 Å². The number of nitrogens with zero attached hydrogens (tertiary/aromatic N) is 2. The van der Waals surface area contributed by atoms with E-state index < -0.39 is 34.3 Å². The summed E-state index contributed by atoms with van der Waals surface area (Å²) in [7, 11) is -2.85. The molecule has 0 saturated carbocycles. The Morgan fingerprint density at radius 2 is 1.44 bits per heavy atom. The fourth-order valence-corrected chi connectivity index (χ4v) is 6.30. The summed E-state index contributed by atoms with van der Waals surface area (Å²) >= 11 is 0. The highest BCUT2D eigenvalue weighted by molar-refractivity contribution is 7.92. The third kappa shape index (κ3) is 8.48. The number of carbonyl (C=O) groups excluding carboxylic acids is 2. The smallest absolute Gasteiger partial charge is 0.264 e. The summed E-state index contributed by atoms with van der Waals surface area (Å²) < 4.78 is 48.6. The molecule has 4 rings (SSSR count). The molecule has 4 aromatic rings. The maximum Gasteiger partial charge on any atom is 0.264 e. The van der Waals surface area contributed by atoms with Gasteiger partial charge < -0.3 is 15.0 Å². The summed E-state index contributed by atoms with van der Waals surface area (Å²) in [5.41, 5.74) is 1.56. The maximum atomic E-state index is 14.5. The van der Waals surface area contributed by atoms with E-state index in [-0.39, 0.29) is 41.2 Å². The lowest BCUT2D eigenvalue weighted by Gasteiger charge is -2.34. The summed E-state index contributed by atoms with van der Waals surface area (Å²) in [6.45, 7) is 3.13. The number of hydrogen-bond acceptors (Lipinski definition) is 5. The van der Waals surface area contributed by atoms with E-state index in [2.05, 4.69) is 5.32 Å². The molecule has 236 valence electrons. The molecular formula is C35H38FN3O5S. The molecule has 2 amide bonds. The summed E-state index contributed by atoms with van der Waals surface area (Å²) in [5.74, 6) is -1.18. The van der Waals surface area contributed by atoms with E-state index in [0.29, 0.717) is 12.0 Å². The van der Waals surface area contributed by atoms with Crippen LogP contribution in [0.25, 0.3) is 0 Å². The highest BCUT2D eigenvalue weighted by Crippen LogP contribution is 2.32. The molecule has 0 bridgehead atoms. The predicted molar refractivity (Wildman–Crippen MR) is 173 cm³/mol. The fraction of sp³-hybridized carbons (Fsp3) is 0.257. The fourth-order valence-electron chi connectivity index (χ4n) is 4.85. The number of carbonyl (C=O) groups is 2. The third-order valence-electron chi connectivity index (χ3n) is 7.50. The van der Waals surface area contributed by atoms with E-state index in [0.717, 1.165) is 9.87 Å². The Balaban J connectivity index is 1.82. The van der Waals surface area contributed by atoms with Crippen LogP contribution in [0.2, 0.25) is 0 Å². The van der Waals surface area contributed by atoms with Crippen LogP contribution in [0.1, 0.15) is 31.4 Å². The molecule has 45 heavy (non-hydrogen) atoms. The van der Waals surface area contributed by atoms with Gasteiger partial charge in [-0.25, -0.2) is 12.8 Å². The van der Waals surface area contributed by atoms with Gasteiger partial charge in [0.25, 0.3) is 10.0 Å². The summed E-state index contributed by atoms with van der Waals surface area (Å²) in [6.07, 6.45) is 0.850. The number of nitrogens with one attached hydrogen (secondary N) is 1. The average Bonchev–Trinajstić information content (AvgIpc) is 3.06. The van der Waals surface area contributed by atoms with E-state index in [1.165, 1.54) is 36.3 Å². The third-order valence-corrected chi connectivity index (χ3v) is 9.28. The monoisotopic (exact) mass is 631 g/mol. The topological polar surface area (TPSA) is 96.0 Å². The van der Waals surface area contributed by atoms with Gasteiger partial charge in [-0.15, -0.1) is 0 Å². The number of benzene rings is 4. The van der Waals surface area contributed by atoms with Gasteiger partial charge >= 0.3 is 0 Å². The second kappa shape index (κ2) is 15.3. The largest absolute Gasteiger partial charge is 0.495 e. The number of hydrogen-bond donors (Lipinski definition) is 1. The second-order valence-electron chi connectivity index (χ2n) is 10.7. The van der Waals surface area contributed by atoms with Crippen LogP contribution < -0.4 is 14.4 Å². The van der Waals surface area contributed by atoms with Gasteiger partial charge in [0.05, 0.1) is 17.7 Å². The molecule has 2 atom stereocenters. The van der Waals surface area contributed by atoms with Crippen LogP contribution in [-0.4, -0.2) is 50.9 Å². The van der Waals surface area contributed by atoms with E-state index in [4.69, 9.17) is 4.74 Å². The molecule has 0 spiro atoms. The van der Waals surface area contributed by atoms with Crippen molar-refractivity contribution in [2.45, 2.75) is 50.2 Å². The van der Waals surface area contributed by atoms with Crippen LogP contribution in [0.4, 0.5) is 10.1 Å². The molecule has 0 saturated heterocycles. The van der Waals surface area contributed by atoms with Crippen molar-refractivity contribution < 1.29 is 27.1 Å². The molecule has 0 unspecified atom stereocenters. The summed E-state index contributed by atoms with van der Waals surface area (Å²) in [6, 6.07) is 28.1. The molecule has 0 aliphatic carbocycles. The quantitative estimate of drug-likeness (QED) is 0.196. The Bertz CT molecular complexity index is 1670. The zero-order valence-corrected chi connectivity index (χ0v) is 26.4. The predicted octanol–water partition coefficient (Wildman–Crippen LogP) is 5.58. The van der Waals surface area contributed by atoms with Gasteiger partial charge in [0, 0.05) is 19.0 Å². The molecule has 0 radical (unpaired) electrons. The van der Waals surface area contributed by atoms with Crippen LogP contribution in [0, 0.1) is 5.82 Å². The van der Waals surface area contributed by atoms with Crippen molar-refractivity contribution in [3.63, 3.8) is 0 Å². The minimum Gasteiger partial charge on any atom is -0.495 e. The first kappa shape index (κ1) is 33.2. The standard InChI is InChI=1S/C35H38FN3O5S/c1-4-26(2)37-35(41)32(23-27-13-7-5-8-14-27)38(24-28-19-21-29(36)22-20-28)34(40)25-39(31-17-11-12-18-33(31)44-3)45(42,43)30-15-9-6-10-16-30/h5-22,26,32H,4,23-25H2,1-3H3,(H,37,41)/t26-,32+/m0/s1. The molecular weight excluding hydrogens is 593 g/mol. The van der Waals surface area contributed by atoms with Crippen LogP contribution in [0.5, 0.6) is 5.75 Å². The highest BCUT2D eigenvalue weighted by Gasteiger charge is 2.35. The van der Waals surface area contributed by atoms with E-state index in [9.17, 15) is 22.4 Å².